The Bertz CT molecular complexity index is 1160. The number of carbonyl (C=O) groups excluding carboxylic acids is 1. The van der Waals surface area contributed by atoms with Crippen LogP contribution >= 0.6 is 11.6 Å². The summed E-state index contributed by atoms with van der Waals surface area (Å²) >= 11 is 6.23. The van der Waals surface area contributed by atoms with E-state index >= 15 is 0 Å². The first-order chi connectivity index (χ1) is 14.0. The van der Waals surface area contributed by atoms with E-state index in [1.807, 2.05) is 37.3 Å². The van der Waals surface area contributed by atoms with Crippen LogP contribution < -0.4 is 0 Å². The number of esters is 1. The molecule has 0 aliphatic rings. The van der Waals surface area contributed by atoms with Crippen LogP contribution in [0.1, 0.15) is 27.4 Å². The van der Waals surface area contributed by atoms with Gasteiger partial charge in [-0.25, -0.2) is 4.79 Å². The molecule has 0 amide bonds. The van der Waals surface area contributed by atoms with Crippen molar-refractivity contribution in [1.82, 2.24) is 10.3 Å². The Morgan fingerprint density at radius 1 is 1.03 bits per heavy atom. The minimum Gasteiger partial charge on any atom is -0.455 e. The van der Waals surface area contributed by atoms with Crippen LogP contribution in [-0.4, -0.2) is 16.3 Å². The maximum Gasteiger partial charge on any atom is 0.344 e. The van der Waals surface area contributed by atoms with E-state index in [0.29, 0.717) is 33.5 Å². The molecular formula is C22H17ClN2O4. The average Bonchev–Trinajstić information content (AvgIpc) is 3.34. The van der Waals surface area contributed by atoms with Gasteiger partial charge in [0.25, 0.3) is 0 Å². The van der Waals surface area contributed by atoms with Gasteiger partial charge in [-0.3, -0.25) is 0 Å². The Morgan fingerprint density at radius 2 is 1.79 bits per heavy atom. The SMILES string of the molecule is Cc1ccc(-c2cc(COC(=O)c3c(-c4ccccc4Cl)noc3C)no2)cc1. The van der Waals surface area contributed by atoms with Gasteiger partial charge in [-0.2, -0.15) is 0 Å². The molecule has 0 bridgehead atoms. The molecule has 4 rings (SSSR count). The van der Waals surface area contributed by atoms with E-state index in [-0.39, 0.29) is 12.2 Å². The van der Waals surface area contributed by atoms with Crippen LogP contribution in [0.5, 0.6) is 0 Å². The normalized spacial score (nSPS) is 10.9. The van der Waals surface area contributed by atoms with Gasteiger partial charge < -0.3 is 13.8 Å². The first-order valence-electron chi connectivity index (χ1n) is 8.94. The standard InChI is InChI=1S/C22H17ClN2O4/c1-13-7-9-15(10-8-13)19-11-16(24-29-19)12-27-22(26)20-14(2)28-25-21(20)17-5-3-4-6-18(17)23/h3-11H,12H2,1-2H3. The summed E-state index contributed by atoms with van der Waals surface area (Å²) in [5, 5.41) is 8.42. The van der Waals surface area contributed by atoms with Crippen molar-refractivity contribution < 1.29 is 18.6 Å². The van der Waals surface area contributed by atoms with Crippen LogP contribution in [-0.2, 0) is 11.3 Å². The highest BCUT2D eigenvalue weighted by atomic mass is 35.5. The Morgan fingerprint density at radius 3 is 2.55 bits per heavy atom. The molecule has 2 aromatic heterocycles. The van der Waals surface area contributed by atoms with Crippen molar-refractivity contribution in [3.63, 3.8) is 0 Å². The number of hydrogen-bond donors (Lipinski definition) is 0. The van der Waals surface area contributed by atoms with Crippen molar-refractivity contribution in [2.45, 2.75) is 20.5 Å². The number of halogens is 1. The zero-order valence-corrected chi connectivity index (χ0v) is 16.6. The number of rotatable bonds is 5. The molecular weight excluding hydrogens is 392 g/mol. The molecule has 0 N–H and O–H groups in total. The summed E-state index contributed by atoms with van der Waals surface area (Å²) < 4.78 is 16.0. The number of aryl methyl sites for hydroxylation is 2. The molecule has 0 aliphatic heterocycles. The zero-order valence-electron chi connectivity index (χ0n) is 15.8. The molecule has 0 spiro atoms. The molecule has 0 radical (unpaired) electrons. The molecule has 2 heterocycles. The van der Waals surface area contributed by atoms with Crippen molar-refractivity contribution in [1.29, 1.82) is 0 Å². The van der Waals surface area contributed by atoms with E-state index in [0.717, 1.165) is 11.1 Å². The number of hydrogen-bond acceptors (Lipinski definition) is 6. The minimum atomic E-state index is -0.571. The molecule has 7 heteroatoms. The average molecular weight is 409 g/mol. The zero-order chi connectivity index (χ0) is 20.4. The third kappa shape index (κ3) is 3.93. The first-order valence-corrected chi connectivity index (χ1v) is 9.31. The van der Waals surface area contributed by atoms with Gasteiger partial charge in [0.1, 0.15) is 29.3 Å². The van der Waals surface area contributed by atoms with Crippen LogP contribution in [0.3, 0.4) is 0 Å². The molecule has 2 aromatic carbocycles. The van der Waals surface area contributed by atoms with Gasteiger partial charge in [-0.05, 0) is 19.9 Å². The van der Waals surface area contributed by atoms with Gasteiger partial charge in [0.05, 0.1) is 5.02 Å². The lowest BCUT2D eigenvalue weighted by Crippen LogP contribution is -2.07. The highest BCUT2D eigenvalue weighted by molar-refractivity contribution is 6.33. The second-order valence-electron chi connectivity index (χ2n) is 6.57. The Kier molecular flexibility index (Phi) is 5.18. The number of carbonyl (C=O) groups is 1. The Hall–Kier alpha value is -3.38. The van der Waals surface area contributed by atoms with Crippen molar-refractivity contribution in [3.05, 3.63) is 82.2 Å². The van der Waals surface area contributed by atoms with Crippen LogP contribution in [0.25, 0.3) is 22.6 Å². The second kappa shape index (κ2) is 7.93. The van der Waals surface area contributed by atoms with Crippen LogP contribution in [0.2, 0.25) is 5.02 Å². The molecule has 0 aliphatic carbocycles. The summed E-state index contributed by atoms with van der Waals surface area (Å²) in [5.41, 5.74) is 3.74. The Labute approximate surface area is 172 Å². The quantitative estimate of drug-likeness (QED) is 0.398. The lowest BCUT2D eigenvalue weighted by atomic mass is 10.1. The fourth-order valence-electron chi connectivity index (χ4n) is 2.90. The third-order valence-corrected chi connectivity index (χ3v) is 4.77. The lowest BCUT2D eigenvalue weighted by molar-refractivity contribution is 0.0463. The maximum absolute atomic E-state index is 12.7. The van der Waals surface area contributed by atoms with E-state index in [2.05, 4.69) is 10.3 Å². The first kappa shape index (κ1) is 19.0. The molecule has 29 heavy (non-hydrogen) atoms. The Balaban J connectivity index is 1.51. The van der Waals surface area contributed by atoms with E-state index in [9.17, 15) is 4.79 Å². The van der Waals surface area contributed by atoms with Crippen molar-refractivity contribution in [2.75, 3.05) is 0 Å². The highest BCUT2D eigenvalue weighted by Crippen LogP contribution is 2.31. The number of benzene rings is 2. The molecule has 0 saturated heterocycles. The van der Waals surface area contributed by atoms with E-state index < -0.39 is 5.97 Å². The minimum absolute atomic E-state index is 0.0409. The molecule has 0 unspecified atom stereocenters. The van der Waals surface area contributed by atoms with Gasteiger partial charge in [0, 0.05) is 17.2 Å². The van der Waals surface area contributed by atoms with E-state index in [4.69, 9.17) is 25.4 Å². The number of aromatic nitrogens is 2. The van der Waals surface area contributed by atoms with Crippen molar-refractivity contribution >= 4 is 17.6 Å². The molecule has 146 valence electrons. The number of nitrogens with zero attached hydrogens (tertiary/aromatic N) is 2. The van der Waals surface area contributed by atoms with Gasteiger partial charge >= 0.3 is 5.97 Å². The molecule has 0 fully saturated rings. The van der Waals surface area contributed by atoms with E-state index in [1.165, 1.54) is 0 Å². The van der Waals surface area contributed by atoms with E-state index in [1.54, 1.807) is 31.2 Å². The molecule has 4 aromatic rings. The summed E-state index contributed by atoms with van der Waals surface area (Å²) in [6.45, 7) is 3.62. The van der Waals surface area contributed by atoms with Crippen LogP contribution in [0, 0.1) is 13.8 Å². The fraction of sp³-hybridized carbons (Fsp3) is 0.136. The summed E-state index contributed by atoms with van der Waals surface area (Å²) in [5.74, 6) is 0.387. The largest absolute Gasteiger partial charge is 0.455 e. The lowest BCUT2D eigenvalue weighted by Gasteiger charge is -2.04. The number of ether oxygens (including phenoxy) is 1. The summed E-state index contributed by atoms with van der Waals surface area (Å²) in [4.78, 5) is 12.7. The van der Waals surface area contributed by atoms with Crippen molar-refractivity contribution in [2.24, 2.45) is 0 Å². The molecule has 0 atom stereocenters. The maximum atomic E-state index is 12.7. The van der Waals surface area contributed by atoms with Gasteiger partial charge in [0.2, 0.25) is 0 Å². The van der Waals surface area contributed by atoms with Crippen LogP contribution in [0.4, 0.5) is 0 Å². The molecule has 0 saturated carbocycles. The predicted octanol–water partition coefficient (Wildman–Crippen LogP) is 5.62. The van der Waals surface area contributed by atoms with Crippen molar-refractivity contribution in [3.8, 4) is 22.6 Å². The summed E-state index contributed by atoms with van der Waals surface area (Å²) in [6, 6.07) is 16.7. The fourth-order valence-corrected chi connectivity index (χ4v) is 3.12. The van der Waals surface area contributed by atoms with Crippen LogP contribution in [0.15, 0.2) is 63.6 Å². The smallest absolute Gasteiger partial charge is 0.344 e. The molecule has 6 nitrogen and oxygen atoms in total. The van der Waals surface area contributed by atoms with Gasteiger partial charge in [0.15, 0.2) is 5.76 Å². The topological polar surface area (TPSA) is 78.4 Å². The van der Waals surface area contributed by atoms with Gasteiger partial charge in [-0.15, -0.1) is 0 Å². The summed E-state index contributed by atoms with van der Waals surface area (Å²) in [6.07, 6.45) is 0. The predicted molar refractivity (Wildman–Crippen MR) is 107 cm³/mol. The highest BCUT2D eigenvalue weighted by Gasteiger charge is 2.24. The third-order valence-electron chi connectivity index (χ3n) is 4.44. The monoisotopic (exact) mass is 408 g/mol. The second-order valence-corrected chi connectivity index (χ2v) is 6.97. The van der Waals surface area contributed by atoms with Gasteiger partial charge in [-0.1, -0.05) is 69.9 Å². The summed E-state index contributed by atoms with van der Waals surface area (Å²) in [7, 11) is 0.